The first-order valence-corrected chi connectivity index (χ1v) is 16.5. The molecule has 0 saturated carbocycles. The minimum atomic E-state index is -4.21. The molecule has 0 heterocycles. The third kappa shape index (κ3) is 8.88. The number of amides is 2. The lowest BCUT2D eigenvalue weighted by atomic mass is 10.0. The molecule has 1 atom stereocenters. The molecule has 2 amide bonds. The molecule has 0 aliphatic carbocycles. The molecule has 0 bridgehead atoms. The van der Waals surface area contributed by atoms with Gasteiger partial charge in [0.2, 0.25) is 11.8 Å². The van der Waals surface area contributed by atoms with E-state index in [1.165, 1.54) is 24.1 Å². The normalized spacial score (nSPS) is 11.8. The second kappa shape index (κ2) is 15.9. The maximum atomic E-state index is 14.6. The van der Waals surface area contributed by atoms with Crippen molar-refractivity contribution in [1.82, 2.24) is 10.2 Å². The van der Waals surface area contributed by atoms with Gasteiger partial charge in [-0.1, -0.05) is 80.6 Å². The molecule has 0 radical (unpaired) electrons. The molecule has 46 heavy (non-hydrogen) atoms. The van der Waals surface area contributed by atoms with E-state index < -0.39 is 28.5 Å². The van der Waals surface area contributed by atoms with Crippen LogP contribution in [0.2, 0.25) is 0 Å². The summed E-state index contributed by atoms with van der Waals surface area (Å²) in [5, 5.41) is 3.00. The monoisotopic (exact) mass is 643 g/mol. The van der Waals surface area contributed by atoms with E-state index in [4.69, 9.17) is 9.47 Å². The zero-order chi connectivity index (χ0) is 33.1. The Balaban J connectivity index is 1.81. The van der Waals surface area contributed by atoms with Gasteiger partial charge >= 0.3 is 0 Å². The van der Waals surface area contributed by atoms with Crippen LogP contribution >= 0.6 is 0 Å². The van der Waals surface area contributed by atoms with Crippen LogP contribution in [0.1, 0.15) is 25.0 Å². The van der Waals surface area contributed by atoms with Gasteiger partial charge in [0.1, 0.15) is 24.1 Å². The Morgan fingerprint density at radius 3 is 1.98 bits per heavy atom. The number of hydrogen-bond acceptors (Lipinski definition) is 6. The van der Waals surface area contributed by atoms with Crippen LogP contribution in [0.5, 0.6) is 11.5 Å². The molecular weight excluding hydrogens is 602 g/mol. The fourth-order valence-corrected chi connectivity index (χ4v) is 6.39. The van der Waals surface area contributed by atoms with Gasteiger partial charge in [0.15, 0.2) is 0 Å². The second-order valence-electron chi connectivity index (χ2n) is 11.2. The van der Waals surface area contributed by atoms with E-state index in [0.29, 0.717) is 18.0 Å². The number of nitrogens with one attached hydrogen (secondary N) is 1. The molecule has 0 aromatic heterocycles. The average molecular weight is 644 g/mol. The Morgan fingerprint density at radius 1 is 0.761 bits per heavy atom. The first-order valence-electron chi connectivity index (χ1n) is 15.1. The summed E-state index contributed by atoms with van der Waals surface area (Å²) in [5.41, 5.74) is 1.83. The first kappa shape index (κ1) is 34.1. The molecule has 0 spiro atoms. The number of methoxy groups -OCH3 is 2. The van der Waals surface area contributed by atoms with E-state index in [9.17, 15) is 18.0 Å². The van der Waals surface area contributed by atoms with Crippen molar-refractivity contribution in [3.63, 3.8) is 0 Å². The second-order valence-corrected chi connectivity index (χ2v) is 13.1. The zero-order valence-corrected chi connectivity index (χ0v) is 27.4. The topological polar surface area (TPSA) is 105 Å². The number of carbonyl (C=O) groups is 2. The third-order valence-electron chi connectivity index (χ3n) is 7.39. The third-order valence-corrected chi connectivity index (χ3v) is 9.18. The molecule has 0 aliphatic heterocycles. The van der Waals surface area contributed by atoms with Crippen LogP contribution in [0.25, 0.3) is 0 Å². The highest BCUT2D eigenvalue weighted by molar-refractivity contribution is 7.92. The van der Waals surface area contributed by atoms with Crippen molar-refractivity contribution in [2.24, 2.45) is 5.92 Å². The number of nitrogens with zero attached hydrogens (tertiary/aromatic N) is 2. The van der Waals surface area contributed by atoms with E-state index in [1.807, 2.05) is 56.3 Å². The number of anilines is 1. The van der Waals surface area contributed by atoms with E-state index >= 15 is 0 Å². The van der Waals surface area contributed by atoms with Gasteiger partial charge in [-0.3, -0.25) is 13.9 Å². The van der Waals surface area contributed by atoms with E-state index in [-0.39, 0.29) is 35.4 Å². The molecule has 10 heteroatoms. The van der Waals surface area contributed by atoms with Crippen LogP contribution in [-0.4, -0.2) is 58.5 Å². The van der Waals surface area contributed by atoms with Crippen LogP contribution in [0.4, 0.5) is 5.69 Å². The fraction of sp³-hybridized carbons (Fsp3) is 0.278. The highest BCUT2D eigenvalue weighted by atomic mass is 32.2. The molecule has 242 valence electrons. The number of rotatable bonds is 15. The van der Waals surface area contributed by atoms with Gasteiger partial charge in [0, 0.05) is 25.6 Å². The summed E-state index contributed by atoms with van der Waals surface area (Å²) < 4.78 is 40.1. The molecule has 0 saturated heterocycles. The van der Waals surface area contributed by atoms with Crippen molar-refractivity contribution < 1.29 is 27.5 Å². The smallest absolute Gasteiger partial charge is 0.264 e. The van der Waals surface area contributed by atoms with Crippen molar-refractivity contribution in [3.8, 4) is 11.5 Å². The fourth-order valence-electron chi connectivity index (χ4n) is 4.96. The molecule has 0 aliphatic rings. The minimum Gasteiger partial charge on any atom is -0.497 e. The molecule has 4 aromatic carbocycles. The van der Waals surface area contributed by atoms with Gasteiger partial charge in [0.05, 0.1) is 24.8 Å². The number of ether oxygens (including phenoxy) is 2. The summed E-state index contributed by atoms with van der Waals surface area (Å²) in [6.07, 6.45) is 0.227. The summed E-state index contributed by atoms with van der Waals surface area (Å²) >= 11 is 0. The molecule has 1 N–H and O–H groups in total. The Labute approximate surface area is 271 Å². The highest BCUT2D eigenvalue weighted by Crippen LogP contribution is 2.28. The lowest BCUT2D eigenvalue weighted by Gasteiger charge is -2.34. The van der Waals surface area contributed by atoms with Crippen LogP contribution in [-0.2, 0) is 32.6 Å². The minimum absolute atomic E-state index is 0.0282. The lowest BCUT2D eigenvalue weighted by Crippen LogP contribution is -2.53. The number of benzene rings is 4. The van der Waals surface area contributed by atoms with Crippen molar-refractivity contribution >= 4 is 27.5 Å². The summed E-state index contributed by atoms with van der Waals surface area (Å²) in [6, 6.07) is 30.2. The standard InChI is InChI=1S/C36H41N3O6S/c1-27(2)24-37-36(41)34(22-28-13-7-5-8-14-28)38(25-29-15-11-17-31(21-29)44-3)35(40)26-39(30-16-12-18-32(23-30)45-4)46(42,43)33-19-9-6-10-20-33/h5-21,23,27,34H,22,24-26H2,1-4H3,(H,37,41)/t34-/m1/s1. The Bertz CT molecular complexity index is 1700. The van der Waals surface area contributed by atoms with Crippen molar-refractivity contribution in [3.05, 3.63) is 120 Å². The number of sulfonamides is 1. The first-order chi connectivity index (χ1) is 22.1. The summed E-state index contributed by atoms with van der Waals surface area (Å²) in [5.74, 6) is 0.335. The van der Waals surface area contributed by atoms with Crippen LogP contribution in [0.3, 0.4) is 0 Å². The van der Waals surface area contributed by atoms with E-state index in [2.05, 4.69) is 5.32 Å². The van der Waals surface area contributed by atoms with Crippen LogP contribution < -0.4 is 19.1 Å². The van der Waals surface area contributed by atoms with Crippen molar-refractivity contribution in [2.45, 2.75) is 37.8 Å². The molecule has 0 unspecified atom stereocenters. The van der Waals surface area contributed by atoms with Crippen molar-refractivity contribution in [2.75, 3.05) is 31.6 Å². The van der Waals surface area contributed by atoms with Crippen molar-refractivity contribution in [1.29, 1.82) is 0 Å². The van der Waals surface area contributed by atoms with Gasteiger partial charge in [0.25, 0.3) is 10.0 Å². The molecular formula is C36H41N3O6S. The summed E-state index contributed by atoms with van der Waals surface area (Å²) in [7, 11) is -1.17. The number of hydrogen-bond donors (Lipinski definition) is 1. The van der Waals surface area contributed by atoms with Crippen LogP contribution in [0, 0.1) is 5.92 Å². The quantitative estimate of drug-likeness (QED) is 0.188. The summed E-state index contributed by atoms with van der Waals surface area (Å²) in [4.78, 5) is 30.0. The Morgan fingerprint density at radius 2 is 1.35 bits per heavy atom. The maximum absolute atomic E-state index is 14.6. The Kier molecular flexibility index (Phi) is 11.8. The molecule has 4 aromatic rings. The van der Waals surface area contributed by atoms with Gasteiger partial charge in [-0.05, 0) is 53.4 Å². The molecule has 9 nitrogen and oxygen atoms in total. The largest absolute Gasteiger partial charge is 0.497 e. The SMILES string of the molecule is COc1cccc(CN(C(=O)CN(c2cccc(OC)c2)S(=O)(=O)c2ccccc2)[C@H](Cc2ccccc2)C(=O)NCC(C)C)c1. The van der Waals surface area contributed by atoms with E-state index in [0.717, 1.165) is 15.4 Å². The predicted octanol–water partition coefficient (Wildman–Crippen LogP) is 5.31. The van der Waals surface area contributed by atoms with Gasteiger partial charge in [-0.2, -0.15) is 0 Å². The number of carbonyl (C=O) groups excluding carboxylic acids is 2. The molecule has 0 fully saturated rings. The lowest BCUT2D eigenvalue weighted by molar-refractivity contribution is -0.140. The Hall–Kier alpha value is -4.83. The van der Waals surface area contributed by atoms with Crippen LogP contribution in [0.15, 0.2) is 114 Å². The van der Waals surface area contributed by atoms with E-state index in [1.54, 1.807) is 61.7 Å². The summed E-state index contributed by atoms with van der Waals surface area (Å²) in [6.45, 7) is 3.89. The maximum Gasteiger partial charge on any atom is 0.264 e. The molecule has 4 rings (SSSR count). The predicted molar refractivity (Wildman–Crippen MR) is 179 cm³/mol. The van der Waals surface area contributed by atoms with Gasteiger partial charge in [-0.15, -0.1) is 0 Å². The highest BCUT2D eigenvalue weighted by Gasteiger charge is 2.34. The average Bonchev–Trinajstić information content (AvgIpc) is 3.08. The van der Waals surface area contributed by atoms with Gasteiger partial charge in [-0.25, -0.2) is 8.42 Å². The zero-order valence-electron chi connectivity index (χ0n) is 26.6. The van der Waals surface area contributed by atoms with Gasteiger partial charge < -0.3 is 19.7 Å².